The molecule has 2 saturated heterocycles. The minimum atomic E-state index is -4.46. The highest BCUT2D eigenvalue weighted by Crippen LogP contribution is 2.49. The Morgan fingerprint density at radius 2 is 1.51 bits per heavy atom. The van der Waals surface area contributed by atoms with Crippen molar-refractivity contribution in [1.29, 1.82) is 0 Å². The fraction of sp³-hybridized carbons (Fsp3) is 0.583. The molecule has 1 N–H and O–H groups in total. The number of esters is 2. The monoisotopic (exact) mass is 790 g/mol. The summed E-state index contributed by atoms with van der Waals surface area (Å²) in [5.41, 5.74) is 0.571. The SMILES string of the molecule is CCCCOC(=O)N1CCN(C(=O)[C@H](CP(=O)(OCOC(=O)CC)OCOC(=O)CC)NC(=O)c2cc(N3CC[C@H](OC)C3)nc(-c3ccccc3)n2)CC1. The number of ether oxygens (including phenoxy) is 4. The smallest absolute Gasteiger partial charge is 0.409 e. The minimum Gasteiger partial charge on any atom is -0.449 e. The molecule has 1 aromatic carbocycles. The topological polar surface area (TPSA) is 205 Å². The van der Waals surface area contributed by atoms with Crippen LogP contribution in [0.2, 0.25) is 0 Å². The highest BCUT2D eigenvalue weighted by molar-refractivity contribution is 7.54. The van der Waals surface area contributed by atoms with E-state index >= 15 is 0 Å². The van der Waals surface area contributed by atoms with Crippen molar-refractivity contribution in [2.45, 2.75) is 65.0 Å². The van der Waals surface area contributed by atoms with Crippen LogP contribution in [0.3, 0.4) is 0 Å². The summed E-state index contributed by atoms with van der Waals surface area (Å²) in [5.74, 6) is -2.02. The number of piperazine rings is 1. The van der Waals surface area contributed by atoms with E-state index in [9.17, 15) is 28.5 Å². The molecule has 0 spiro atoms. The van der Waals surface area contributed by atoms with Gasteiger partial charge in [-0.1, -0.05) is 57.5 Å². The zero-order valence-electron chi connectivity index (χ0n) is 31.8. The summed E-state index contributed by atoms with van der Waals surface area (Å²) >= 11 is 0. The highest BCUT2D eigenvalue weighted by Gasteiger charge is 2.39. The first-order valence-corrected chi connectivity index (χ1v) is 20.1. The molecule has 0 saturated carbocycles. The van der Waals surface area contributed by atoms with Crippen molar-refractivity contribution in [3.63, 3.8) is 0 Å². The van der Waals surface area contributed by atoms with Crippen molar-refractivity contribution in [3.8, 4) is 11.4 Å². The number of rotatable bonds is 19. The number of anilines is 1. The van der Waals surface area contributed by atoms with Crippen LogP contribution in [0.4, 0.5) is 10.6 Å². The summed E-state index contributed by atoms with van der Waals surface area (Å²) in [4.78, 5) is 78.8. The third kappa shape index (κ3) is 13.0. The zero-order valence-corrected chi connectivity index (χ0v) is 32.7. The lowest BCUT2D eigenvalue weighted by molar-refractivity contribution is -0.152. The molecule has 0 unspecified atom stereocenters. The first-order valence-electron chi connectivity index (χ1n) is 18.4. The standard InChI is InChI=1S/C36H51N6O12P/c1-5-8-20-50-36(47)41-18-16-40(17-19-41)35(46)29(23-55(48,53-24-51-31(43)6-2)54-25-52-32(44)7-3)38-34(45)28-21-30(42-15-14-27(22-42)49-4)39-33(37-28)26-12-10-9-11-13-26/h9-13,21,27,29H,5-8,14-20,22-25H2,1-4H3,(H,38,45)/t27-,29-/m0/s1. The Balaban J connectivity index is 1.64. The third-order valence-corrected chi connectivity index (χ3v) is 10.7. The van der Waals surface area contributed by atoms with E-state index in [-0.39, 0.29) is 63.2 Å². The van der Waals surface area contributed by atoms with Crippen LogP contribution < -0.4 is 10.2 Å². The summed E-state index contributed by atoms with van der Waals surface area (Å²) in [7, 11) is -2.82. The van der Waals surface area contributed by atoms with E-state index in [0.717, 1.165) is 19.3 Å². The second kappa shape index (κ2) is 21.5. The second-order valence-corrected chi connectivity index (χ2v) is 14.8. The molecule has 2 atom stereocenters. The van der Waals surface area contributed by atoms with Gasteiger partial charge in [0.25, 0.3) is 5.91 Å². The van der Waals surface area contributed by atoms with Gasteiger partial charge in [-0.2, -0.15) is 0 Å². The molecule has 1 aromatic heterocycles. The van der Waals surface area contributed by atoms with Gasteiger partial charge in [-0.05, 0) is 12.8 Å². The van der Waals surface area contributed by atoms with Crippen LogP contribution in [-0.4, -0.2) is 134 Å². The van der Waals surface area contributed by atoms with E-state index in [1.807, 2.05) is 30.0 Å². The van der Waals surface area contributed by atoms with Crippen LogP contribution in [0.1, 0.15) is 63.4 Å². The van der Waals surface area contributed by atoms with Crippen molar-refractivity contribution in [2.75, 3.05) is 77.6 Å². The molecule has 2 fully saturated rings. The van der Waals surface area contributed by atoms with Crippen LogP contribution in [0.15, 0.2) is 36.4 Å². The number of aromatic nitrogens is 2. The average Bonchev–Trinajstić information content (AvgIpc) is 3.70. The molecule has 3 heterocycles. The Hall–Kier alpha value is -4.64. The van der Waals surface area contributed by atoms with Gasteiger partial charge in [0.05, 0.1) is 18.9 Å². The number of nitrogens with zero attached hydrogens (tertiary/aromatic N) is 5. The molecule has 0 aliphatic carbocycles. The number of carbonyl (C=O) groups is 5. The van der Waals surface area contributed by atoms with Crippen molar-refractivity contribution < 1.29 is 56.5 Å². The Bertz CT molecular complexity index is 1630. The first kappa shape index (κ1) is 43.1. The van der Waals surface area contributed by atoms with Gasteiger partial charge in [-0.15, -0.1) is 0 Å². The van der Waals surface area contributed by atoms with Crippen molar-refractivity contribution in [1.82, 2.24) is 25.1 Å². The fourth-order valence-corrected chi connectivity index (χ4v) is 7.02. The van der Waals surface area contributed by atoms with Crippen molar-refractivity contribution in [2.24, 2.45) is 0 Å². The Morgan fingerprint density at radius 1 is 0.873 bits per heavy atom. The van der Waals surface area contributed by atoms with Gasteiger partial charge >= 0.3 is 25.6 Å². The second-order valence-electron chi connectivity index (χ2n) is 12.7. The molecule has 4 rings (SSSR count). The zero-order chi connectivity index (χ0) is 39.8. The molecule has 2 aliphatic rings. The molecule has 55 heavy (non-hydrogen) atoms. The van der Waals surface area contributed by atoms with E-state index in [4.69, 9.17) is 33.0 Å². The number of hydrogen-bond acceptors (Lipinski definition) is 15. The number of benzene rings is 1. The van der Waals surface area contributed by atoms with Gasteiger partial charge in [0, 0.05) is 70.8 Å². The predicted molar refractivity (Wildman–Crippen MR) is 198 cm³/mol. The van der Waals surface area contributed by atoms with E-state index in [0.29, 0.717) is 24.5 Å². The van der Waals surface area contributed by atoms with Crippen LogP contribution >= 0.6 is 7.60 Å². The quantitative estimate of drug-likeness (QED) is 0.0710. The minimum absolute atomic E-state index is 0.00731. The van der Waals surface area contributed by atoms with Gasteiger partial charge in [0.2, 0.25) is 19.5 Å². The summed E-state index contributed by atoms with van der Waals surface area (Å²) in [5, 5.41) is 2.67. The molecule has 0 radical (unpaired) electrons. The summed E-state index contributed by atoms with van der Waals surface area (Å²) in [6, 6.07) is 9.03. The highest BCUT2D eigenvalue weighted by atomic mass is 31.2. The van der Waals surface area contributed by atoms with Gasteiger partial charge in [-0.25, -0.2) is 14.8 Å². The lowest BCUT2D eigenvalue weighted by Gasteiger charge is -2.36. The number of hydrogen-bond donors (Lipinski definition) is 1. The largest absolute Gasteiger partial charge is 0.449 e. The van der Waals surface area contributed by atoms with Crippen LogP contribution in [0, 0.1) is 0 Å². The van der Waals surface area contributed by atoms with Crippen LogP contribution in [0.25, 0.3) is 11.4 Å². The molecule has 19 heteroatoms. The normalized spacial score (nSPS) is 16.4. The molecule has 18 nitrogen and oxygen atoms in total. The predicted octanol–water partition coefficient (Wildman–Crippen LogP) is 3.60. The first-order chi connectivity index (χ1) is 26.5. The lowest BCUT2D eigenvalue weighted by atomic mass is 10.2. The number of nitrogens with one attached hydrogen (secondary N) is 1. The van der Waals surface area contributed by atoms with Crippen molar-refractivity contribution >= 4 is 43.3 Å². The van der Waals surface area contributed by atoms with Crippen molar-refractivity contribution in [3.05, 3.63) is 42.1 Å². The Labute approximate surface area is 320 Å². The maximum absolute atomic E-state index is 14.2. The number of unbranched alkanes of at least 4 members (excludes halogenated alkanes) is 1. The average molecular weight is 791 g/mol. The van der Waals surface area contributed by atoms with Crippen LogP contribution in [-0.2, 0) is 46.9 Å². The number of carbonyl (C=O) groups excluding carboxylic acids is 5. The van der Waals surface area contributed by atoms with Crippen LogP contribution in [0.5, 0.6) is 0 Å². The van der Waals surface area contributed by atoms with Gasteiger partial charge in [0.15, 0.2) is 5.82 Å². The fourth-order valence-electron chi connectivity index (χ4n) is 5.62. The Kier molecular flexibility index (Phi) is 16.8. The van der Waals surface area contributed by atoms with E-state index in [1.54, 1.807) is 33.1 Å². The summed E-state index contributed by atoms with van der Waals surface area (Å²) in [6.45, 7) is 5.37. The maximum atomic E-state index is 14.2. The van der Waals surface area contributed by atoms with Gasteiger partial charge < -0.3 is 39.0 Å². The van der Waals surface area contributed by atoms with E-state index in [2.05, 4.69) is 10.3 Å². The van der Waals surface area contributed by atoms with Gasteiger partial charge in [0.1, 0.15) is 17.6 Å². The molecule has 0 bridgehead atoms. The Morgan fingerprint density at radius 3 is 2.09 bits per heavy atom. The molecule has 2 aromatic rings. The number of methoxy groups -OCH3 is 1. The number of amides is 3. The van der Waals surface area contributed by atoms with Gasteiger partial charge in [-0.3, -0.25) is 32.8 Å². The molecule has 2 aliphatic heterocycles. The molecular weight excluding hydrogens is 739 g/mol. The third-order valence-electron chi connectivity index (χ3n) is 8.88. The molecular formula is C36H51N6O12P. The van der Waals surface area contributed by atoms with E-state index in [1.165, 1.54) is 15.9 Å². The molecule has 302 valence electrons. The lowest BCUT2D eigenvalue weighted by Crippen LogP contribution is -2.57. The molecule has 3 amide bonds. The maximum Gasteiger partial charge on any atom is 0.409 e. The summed E-state index contributed by atoms with van der Waals surface area (Å²) < 4.78 is 45.8. The summed E-state index contributed by atoms with van der Waals surface area (Å²) in [6.07, 6.45) is 1.07. The van der Waals surface area contributed by atoms with E-state index < -0.39 is 63.2 Å².